The highest BCUT2D eigenvalue weighted by atomic mass is 16.3. The fourth-order valence-corrected chi connectivity index (χ4v) is 2.94. The number of carbonyl (C=O) groups excluding carboxylic acids is 2. The Hall–Kier alpha value is -0.900. The highest BCUT2D eigenvalue weighted by Crippen LogP contribution is 2.33. The van der Waals surface area contributed by atoms with E-state index < -0.39 is 0 Å². The highest BCUT2D eigenvalue weighted by molar-refractivity contribution is 5.98. The lowest BCUT2D eigenvalue weighted by Gasteiger charge is -2.35. The molecule has 2 fully saturated rings. The summed E-state index contributed by atoms with van der Waals surface area (Å²) in [4.78, 5) is 25.2. The molecule has 1 aliphatic carbocycles. The van der Waals surface area contributed by atoms with Gasteiger partial charge in [0.05, 0.1) is 0 Å². The Morgan fingerprint density at radius 1 is 1.25 bits per heavy atom. The fourth-order valence-electron chi connectivity index (χ4n) is 2.94. The van der Waals surface area contributed by atoms with Crippen LogP contribution in [0.3, 0.4) is 0 Å². The smallest absolute Gasteiger partial charge is 0.229 e. The van der Waals surface area contributed by atoms with Gasteiger partial charge in [0.25, 0.3) is 0 Å². The molecule has 16 heavy (non-hydrogen) atoms. The van der Waals surface area contributed by atoms with Crippen molar-refractivity contribution in [1.82, 2.24) is 4.90 Å². The fraction of sp³-hybridized carbons (Fsp3) is 0.833. The van der Waals surface area contributed by atoms with Crippen molar-refractivity contribution in [3.63, 3.8) is 0 Å². The average Bonchev–Trinajstić information content (AvgIpc) is 2.64. The van der Waals surface area contributed by atoms with E-state index >= 15 is 0 Å². The second kappa shape index (κ2) is 4.53. The molecule has 1 heterocycles. The van der Waals surface area contributed by atoms with Gasteiger partial charge in [0, 0.05) is 31.4 Å². The van der Waals surface area contributed by atoms with E-state index in [0.29, 0.717) is 12.8 Å². The molecule has 0 radical (unpaired) electrons. The minimum absolute atomic E-state index is 0.0440. The second-order valence-corrected chi connectivity index (χ2v) is 5.11. The Bertz CT molecular complexity index is 285. The van der Waals surface area contributed by atoms with Gasteiger partial charge in [-0.1, -0.05) is 13.3 Å². The predicted molar refractivity (Wildman–Crippen MR) is 58.5 cm³/mol. The molecule has 1 aliphatic heterocycles. The third-order valence-corrected chi connectivity index (χ3v) is 3.77. The lowest BCUT2D eigenvalue weighted by molar-refractivity contribution is -0.153. The molecule has 90 valence electrons. The number of hydrogen-bond acceptors (Lipinski definition) is 3. The van der Waals surface area contributed by atoms with E-state index in [0.717, 1.165) is 19.3 Å². The van der Waals surface area contributed by atoms with Gasteiger partial charge < -0.3 is 5.11 Å². The number of imide groups is 1. The van der Waals surface area contributed by atoms with Crippen LogP contribution in [0.4, 0.5) is 0 Å². The Labute approximate surface area is 95.6 Å². The van der Waals surface area contributed by atoms with Gasteiger partial charge in [0.1, 0.15) is 0 Å². The summed E-state index contributed by atoms with van der Waals surface area (Å²) in [6.45, 7) is 2.02. The number of piperidine rings is 1. The molecule has 2 aliphatic rings. The summed E-state index contributed by atoms with van der Waals surface area (Å²) < 4.78 is 0. The molecule has 0 spiro atoms. The Kier molecular flexibility index (Phi) is 3.28. The van der Waals surface area contributed by atoms with Crippen LogP contribution >= 0.6 is 0 Å². The third kappa shape index (κ3) is 1.98. The maximum Gasteiger partial charge on any atom is 0.229 e. The summed E-state index contributed by atoms with van der Waals surface area (Å²) in [5, 5.41) is 9.24. The van der Waals surface area contributed by atoms with Crippen LogP contribution in [0.15, 0.2) is 0 Å². The first-order valence-electron chi connectivity index (χ1n) is 6.09. The molecule has 2 atom stereocenters. The maximum absolute atomic E-state index is 11.9. The highest BCUT2D eigenvalue weighted by Gasteiger charge is 2.40. The van der Waals surface area contributed by atoms with Crippen LogP contribution in [0.25, 0.3) is 0 Å². The molecular weight excluding hydrogens is 206 g/mol. The Morgan fingerprint density at radius 3 is 2.44 bits per heavy atom. The molecule has 4 heteroatoms. The summed E-state index contributed by atoms with van der Waals surface area (Å²) in [5.74, 6) is 0.176. The van der Waals surface area contributed by atoms with Crippen molar-refractivity contribution in [2.45, 2.75) is 45.1 Å². The number of aliphatic hydroxyl groups excluding tert-OH is 1. The number of hydrogen-bond donors (Lipinski definition) is 1. The maximum atomic E-state index is 11.9. The van der Waals surface area contributed by atoms with Gasteiger partial charge in [0.2, 0.25) is 11.8 Å². The number of carbonyl (C=O) groups is 2. The molecule has 2 amide bonds. The summed E-state index contributed by atoms with van der Waals surface area (Å²) in [5.41, 5.74) is 0. The topological polar surface area (TPSA) is 57.6 Å². The number of nitrogens with zero attached hydrogens (tertiary/aromatic N) is 1. The molecular formula is C12H19NO3. The van der Waals surface area contributed by atoms with Crippen molar-refractivity contribution < 1.29 is 14.7 Å². The van der Waals surface area contributed by atoms with Crippen LogP contribution in [-0.2, 0) is 9.59 Å². The zero-order chi connectivity index (χ0) is 11.7. The van der Waals surface area contributed by atoms with Crippen molar-refractivity contribution in [3.8, 4) is 0 Å². The molecule has 0 aromatic heterocycles. The first-order chi connectivity index (χ1) is 7.63. The van der Waals surface area contributed by atoms with Crippen molar-refractivity contribution in [2.24, 2.45) is 11.8 Å². The molecule has 2 rings (SSSR count). The molecule has 2 unspecified atom stereocenters. The molecule has 1 saturated carbocycles. The van der Waals surface area contributed by atoms with Gasteiger partial charge in [-0.2, -0.15) is 0 Å². The van der Waals surface area contributed by atoms with Crippen molar-refractivity contribution in [3.05, 3.63) is 0 Å². The van der Waals surface area contributed by atoms with Gasteiger partial charge in [-0.3, -0.25) is 14.5 Å². The Morgan fingerprint density at radius 2 is 1.88 bits per heavy atom. The number of aliphatic hydroxyl groups is 1. The largest absolute Gasteiger partial charge is 0.396 e. The molecule has 4 nitrogen and oxygen atoms in total. The first-order valence-corrected chi connectivity index (χ1v) is 6.09. The summed E-state index contributed by atoms with van der Waals surface area (Å²) in [7, 11) is 0. The van der Waals surface area contributed by atoms with Gasteiger partial charge in [-0.25, -0.2) is 0 Å². The molecule has 1 saturated heterocycles. The van der Waals surface area contributed by atoms with Crippen LogP contribution in [0.5, 0.6) is 0 Å². The van der Waals surface area contributed by atoms with Gasteiger partial charge in [-0.15, -0.1) is 0 Å². The van der Waals surface area contributed by atoms with Crippen LogP contribution in [0.2, 0.25) is 0 Å². The zero-order valence-corrected chi connectivity index (χ0v) is 9.69. The minimum atomic E-state index is -0.0471. The lowest BCUT2D eigenvalue weighted by atomic mass is 9.94. The molecule has 1 N–H and O–H groups in total. The normalized spacial score (nSPS) is 32.5. The standard InChI is InChI=1S/C12H19NO3/c1-8-5-11(15)13(12(16)6-8)10-4-2-3-9(10)7-14/h8-10,14H,2-7H2,1H3. The van der Waals surface area contributed by atoms with E-state index in [1.54, 1.807) is 0 Å². The Balaban J connectivity index is 2.13. The minimum Gasteiger partial charge on any atom is -0.396 e. The van der Waals surface area contributed by atoms with Crippen molar-refractivity contribution >= 4 is 11.8 Å². The van der Waals surface area contributed by atoms with Crippen LogP contribution in [0, 0.1) is 11.8 Å². The van der Waals surface area contributed by atoms with Crippen molar-refractivity contribution in [2.75, 3.05) is 6.61 Å². The monoisotopic (exact) mass is 225 g/mol. The predicted octanol–water partition coefficient (Wildman–Crippen LogP) is 0.932. The van der Waals surface area contributed by atoms with E-state index in [9.17, 15) is 14.7 Å². The van der Waals surface area contributed by atoms with Gasteiger partial charge in [-0.05, 0) is 18.8 Å². The quantitative estimate of drug-likeness (QED) is 0.711. The summed E-state index contributed by atoms with van der Waals surface area (Å²) in [6.07, 6.45) is 3.73. The van der Waals surface area contributed by atoms with Crippen LogP contribution in [0.1, 0.15) is 39.0 Å². The summed E-state index contributed by atoms with van der Waals surface area (Å²) in [6, 6.07) is -0.0440. The molecule has 0 aromatic rings. The lowest BCUT2D eigenvalue weighted by Crippen LogP contribution is -2.50. The summed E-state index contributed by atoms with van der Waals surface area (Å²) >= 11 is 0. The van der Waals surface area contributed by atoms with Crippen LogP contribution < -0.4 is 0 Å². The van der Waals surface area contributed by atoms with Gasteiger partial charge in [0.15, 0.2) is 0 Å². The molecule has 0 bridgehead atoms. The van der Waals surface area contributed by atoms with E-state index in [1.807, 2.05) is 6.92 Å². The van der Waals surface area contributed by atoms with E-state index in [2.05, 4.69) is 0 Å². The third-order valence-electron chi connectivity index (χ3n) is 3.77. The van der Waals surface area contributed by atoms with E-state index in [1.165, 1.54) is 4.90 Å². The van der Waals surface area contributed by atoms with E-state index in [4.69, 9.17) is 0 Å². The second-order valence-electron chi connectivity index (χ2n) is 5.11. The van der Waals surface area contributed by atoms with Gasteiger partial charge >= 0.3 is 0 Å². The first kappa shape index (κ1) is 11.6. The van der Waals surface area contributed by atoms with E-state index in [-0.39, 0.29) is 36.3 Å². The SMILES string of the molecule is CC1CC(=O)N(C2CCCC2CO)C(=O)C1. The zero-order valence-electron chi connectivity index (χ0n) is 9.69. The average molecular weight is 225 g/mol. The number of likely N-dealkylation sites (tertiary alicyclic amines) is 1. The van der Waals surface area contributed by atoms with Crippen LogP contribution in [-0.4, -0.2) is 34.5 Å². The number of rotatable bonds is 2. The molecule has 0 aromatic carbocycles. The van der Waals surface area contributed by atoms with Crippen molar-refractivity contribution in [1.29, 1.82) is 0 Å². The number of amides is 2.